The van der Waals surface area contributed by atoms with Gasteiger partial charge in [-0.3, -0.25) is 4.68 Å². The highest BCUT2D eigenvalue weighted by molar-refractivity contribution is 9.10. The Morgan fingerprint density at radius 1 is 1.11 bits per heavy atom. The van der Waals surface area contributed by atoms with Crippen molar-refractivity contribution in [2.75, 3.05) is 0 Å². The Morgan fingerprint density at radius 2 is 1.89 bits per heavy atom. The van der Waals surface area contributed by atoms with Crippen LogP contribution in [0.1, 0.15) is 38.1 Å². The molecule has 0 radical (unpaired) electrons. The zero-order chi connectivity index (χ0) is 12.4. The van der Waals surface area contributed by atoms with Gasteiger partial charge in [-0.05, 0) is 24.5 Å². The molecule has 1 fully saturated rings. The maximum absolute atomic E-state index is 4.55. The van der Waals surface area contributed by atoms with Crippen molar-refractivity contribution in [1.82, 2.24) is 9.78 Å². The van der Waals surface area contributed by atoms with Crippen LogP contribution in [-0.2, 0) is 0 Å². The van der Waals surface area contributed by atoms with Gasteiger partial charge >= 0.3 is 0 Å². The Kier molecular flexibility index (Phi) is 3.50. The van der Waals surface area contributed by atoms with Crippen molar-refractivity contribution >= 4 is 15.9 Å². The van der Waals surface area contributed by atoms with Gasteiger partial charge in [0.05, 0.1) is 12.2 Å². The number of hydrogen-bond acceptors (Lipinski definition) is 1. The fourth-order valence-electron chi connectivity index (χ4n) is 2.72. The molecule has 0 atom stereocenters. The van der Waals surface area contributed by atoms with Crippen molar-refractivity contribution in [2.24, 2.45) is 0 Å². The second kappa shape index (κ2) is 5.27. The molecule has 18 heavy (non-hydrogen) atoms. The topological polar surface area (TPSA) is 17.8 Å². The third kappa shape index (κ3) is 2.37. The minimum absolute atomic E-state index is 0.606. The molecule has 1 saturated carbocycles. The highest BCUT2D eigenvalue weighted by atomic mass is 79.9. The average Bonchev–Trinajstić information content (AvgIpc) is 2.90. The molecule has 0 aliphatic heterocycles. The Labute approximate surface area is 116 Å². The first-order chi connectivity index (χ1) is 8.84. The average molecular weight is 305 g/mol. The molecule has 2 aromatic rings. The summed E-state index contributed by atoms with van der Waals surface area (Å²) in [5, 5.41) is 4.55. The molecule has 1 aromatic carbocycles. The lowest BCUT2D eigenvalue weighted by Crippen LogP contribution is -2.12. The second-order valence-corrected chi connectivity index (χ2v) is 5.84. The first kappa shape index (κ1) is 12.0. The molecule has 1 heterocycles. The highest BCUT2D eigenvalue weighted by Crippen LogP contribution is 2.31. The summed E-state index contributed by atoms with van der Waals surface area (Å²) in [5.41, 5.74) is 2.42. The smallest absolute Gasteiger partial charge is 0.0568 e. The molecule has 2 nitrogen and oxygen atoms in total. The van der Waals surface area contributed by atoms with Gasteiger partial charge in [-0.1, -0.05) is 53.4 Å². The summed E-state index contributed by atoms with van der Waals surface area (Å²) in [6.45, 7) is 0. The maximum Gasteiger partial charge on any atom is 0.0568 e. The number of hydrogen-bond donors (Lipinski definition) is 0. The molecule has 94 valence electrons. The molecule has 0 unspecified atom stereocenters. The van der Waals surface area contributed by atoms with E-state index >= 15 is 0 Å². The minimum atomic E-state index is 0.606. The molecule has 3 heteroatoms. The third-order valence-corrected chi connectivity index (χ3v) is 4.43. The summed E-state index contributed by atoms with van der Waals surface area (Å²) in [4.78, 5) is 0. The molecule has 0 spiro atoms. The van der Waals surface area contributed by atoms with Crippen LogP contribution >= 0.6 is 15.9 Å². The van der Waals surface area contributed by atoms with Crippen LogP contribution in [0.15, 0.2) is 41.1 Å². The lowest BCUT2D eigenvalue weighted by Gasteiger charge is -2.21. The normalized spacial score (nSPS) is 16.9. The second-order valence-electron chi connectivity index (χ2n) is 4.98. The fourth-order valence-corrected chi connectivity index (χ4v) is 3.23. The third-order valence-electron chi connectivity index (χ3n) is 3.74. The molecule has 0 bridgehead atoms. The predicted octanol–water partition coefficient (Wildman–Crippen LogP) is 4.82. The van der Waals surface area contributed by atoms with Crippen molar-refractivity contribution in [3.05, 3.63) is 41.1 Å². The molecule has 3 rings (SSSR count). The van der Waals surface area contributed by atoms with Crippen LogP contribution in [0.25, 0.3) is 11.1 Å². The first-order valence-electron chi connectivity index (χ1n) is 6.63. The summed E-state index contributed by atoms with van der Waals surface area (Å²) in [6, 6.07) is 8.92. The van der Waals surface area contributed by atoms with Gasteiger partial charge in [-0.2, -0.15) is 5.10 Å². The maximum atomic E-state index is 4.55. The van der Waals surface area contributed by atoms with E-state index in [1.54, 1.807) is 0 Å². The number of benzene rings is 1. The SMILES string of the molecule is Brc1ccccc1-c1cnn(C2CCCCC2)c1. The van der Waals surface area contributed by atoms with E-state index in [4.69, 9.17) is 0 Å². The Bertz CT molecular complexity index is 527. The van der Waals surface area contributed by atoms with Crippen molar-refractivity contribution in [3.8, 4) is 11.1 Å². The summed E-state index contributed by atoms with van der Waals surface area (Å²) in [5.74, 6) is 0. The molecule has 0 saturated heterocycles. The molecule has 0 amide bonds. The van der Waals surface area contributed by atoms with Crippen LogP contribution in [0.2, 0.25) is 0 Å². The largest absolute Gasteiger partial charge is 0.269 e. The van der Waals surface area contributed by atoms with Gasteiger partial charge in [0.15, 0.2) is 0 Å². The van der Waals surface area contributed by atoms with Crippen molar-refractivity contribution in [3.63, 3.8) is 0 Å². The first-order valence-corrected chi connectivity index (χ1v) is 7.43. The fraction of sp³-hybridized carbons (Fsp3) is 0.400. The van der Waals surface area contributed by atoms with E-state index in [2.05, 4.69) is 50.1 Å². The van der Waals surface area contributed by atoms with Crippen LogP contribution in [0.4, 0.5) is 0 Å². The Hall–Kier alpha value is -1.09. The lowest BCUT2D eigenvalue weighted by molar-refractivity contribution is 0.329. The number of nitrogens with zero attached hydrogens (tertiary/aromatic N) is 2. The van der Waals surface area contributed by atoms with Crippen LogP contribution in [-0.4, -0.2) is 9.78 Å². The summed E-state index contributed by atoms with van der Waals surface area (Å²) < 4.78 is 3.29. The van der Waals surface area contributed by atoms with E-state index in [9.17, 15) is 0 Å². The van der Waals surface area contributed by atoms with E-state index in [0.717, 1.165) is 4.47 Å². The van der Waals surface area contributed by atoms with Gasteiger partial charge in [0.2, 0.25) is 0 Å². The predicted molar refractivity (Wildman–Crippen MR) is 77.5 cm³/mol. The van der Waals surface area contributed by atoms with E-state index < -0.39 is 0 Å². The van der Waals surface area contributed by atoms with E-state index in [0.29, 0.717) is 6.04 Å². The molecular weight excluding hydrogens is 288 g/mol. The van der Waals surface area contributed by atoms with Crippen LogP contribution < -0.4 is 0 Å². The zero-order valence-corrected chi connectivity index (χ0v) is 11.9. The van der Waals surface area contributed by atoms with Gasteiger partial charge in [0.25, 0.3) is 0 Å². The molecular formula is C15H17BrN2. The molecule has 0 N–H and O–H groups in total. The van der Waals surface area contributed by atoms with Crippen LogP contribution in [0.3, 0.4) is 0 Å². The quantitative estimate of drug-likeness (QED) is 0.778. The molecule has 1 aliphatic rings. The van der Waals surface area contributed by atoms with Crippen molar-refractivity contribution in [2.45, 2.75) is 38.1 Å². The number of halogens is 1. The monoisotopic (exact) mass is 304 g/mol. The Balaban J connectivity index is 1.87. The van der Waals surface area contributed by atoms with Gasteiger partial charge < -0.3 is 0 Å². The minimum Gasteiger partial charge on any atom is -0.269 e. The standard InChI is InChI=1S/C15H17BrN2/c16-15-9-5-4-8-14(15)12-10-17-18(11-12)13-6-2-1-3-7-13/h4-5,8-11,13H,1-3,6-7H2. The summed E-state index contributed by atoms with van der Waals surface area (Å²) in [7, 11) is 0. The Morgan fingerprint density at radius 3 is 2.67 bits per heavy atom. The molecule has 1 aromatic heterocycles. The lowest BCUT2D eigenvalue weighted by atomic mass is 9.96. The van der Waals surface area contributed by atoms with Gasteiger partial charge in [-0.25, -0.2) is 0 Å². The highest BCUT2D eigenvalue weighted by Gasteiger charge is 2.16. The number of aromatic nitrogens is 2. The van der Waals surface area contributed by atoms with Crippen molar-refractivity contribution < 1.29 is 0 Å². The van der Waals surface area contributed by atoms with Gasteiger partial charge in [-0.15, -0.1) is 0 Å². The van der Waals surface area contributed by atoms with Gasteiger partial charge in [0, 0.05) is 16.2 Å². The zero-order valence-electron chi connectivity index (χ0n) is 10.3. The van der Waals surface area contributed by atoms with E-state index in [1.807, 2.05) is 12.3 Å². The summed E-state index contributed by atoms with van der Waals surface area (Å²) in [6.07, 6.45) is 10.8. The van der Waals surface area contributed by atoms with Crippen molar-refractivity contribution in [1.29, 1.82) is 0 Å². The van der Waals surface area contributed by atoms with Crippen LogP contribution in [0.5, 0.6) is 0 Å². The number of rotatable bonds is 2. The van der Waals surface area contributed by atoms with E-state index in [1.165, 1.54) is 43.2 Å². The van der Waals surface area contributed by atoms with Gasteiger partial charge in [0.1, 0.15) is 0 Å². The van der Waals surface area contributed by atoms with E-state index in [-0.39, 0.29) is 0 Å². The van der Waals surface area contributed by atoms with Crippen LogP contribution in [0, 0.1) is 0 Å². The summed E-state index contributed by atoms with van der Waals surface area (Å²) >= 11 is 3.60. The molecule has 1 aliphatic carbocycles.